The van der Waals surface area contributed by atoms with Crippen molar-refractivity contribution in [1.29, 1.82) is 0 Å². The number of methoxy groups -OCH3 is 1. The van der Waals surface area contributed by atoms with E-state index in [9.17, 15) is 13.2 Å². The molecule has 12 heteroatoms. The van der Waals surface area contributed by atoms with E-state index in [0.29, 0.717) is 50.4 Å². The number of carbonyl (C=O) groups excluding carboxylic acids is 1. The second-order valence-electron chi connectivity index (χ2n) is 8.92. The lowest BCUT2D eigenvalue weighted by molar-refractivity contribution is -0.119. The summed E-state index contributed by atoms with van der Waals surface area (Å²) < 4.78 is 43.7. The van der Waals surface area contributed by atoms with Crippen LogP contribution in [0.15, 0.2) is 101 Å². The molecule has 218 valence electrons. The number of hydrogen-bond donors (Lipinski definition) is 1. The number of sulfonamides is 1. The number of para-hydroxylation sites is 1. The third-order valence-electron chi connectivity index (χ3n) is 5.74. The van der Waals surface area contributed by atoms with Crippen LogP contribution in [-0.2, 0) is 21.4 Å². The van der Waals surface area contributed by atoms with Crippen LogP contribution in [0.2, 0.25) is 5.02 Å². The highest BCUT2D eigenvalue weighted by atomic mass is 79.9. The summed E-state index contributed by atoms with van der Waals surface area (Å²) in [6.45, 7) is -0.172. The van der Waals surface area contributed by atoms with E-state index in [1.807, 2.05) is 42.5 Å². The van der Waals surface area contributed by atoms with E-state index in [0.717, 1.165) is 16.1 Å². The molecule has 1 N–H and O–H groups in total. The Bertz CT molecular complexity index is 1650. The Balaban J connectivity index is 1.39. The molecule has 42 heavy (non-hydrogen) atoms. The highest BCUT2D eigenvalue weighted by Gasteiger charge is 2.21. The molecular formula is C30H27BrClN3O6S. The SMILES string of the molecule is COc1cc(/C=N\NC(=O)CN(c2ccc(Oc3ccccc3)cc2)S(C)(=O)=O)cc(Br)c1OCc1ccc(Cl)cc1. The molecule has 0 saturated heterocycles. The molecule has 0 fully saturated rings. The third kappa shape index (κ3) is 8.72. The number of halogens is 2. The van der Waals surface area contributed by atoms with Crippen LogP contribution in [0.4, 0.5) is 5.69 Å². The summed E-state index contributed by atoms with van der Waals surface area (Å²) in [6.07, 6.45) is 2.44. The van der Waals surface area contributed by atoms with Crippen molar-refractivity contribution in [1.82, 2.24) is 5.43 Å². The van der Waals surface area contributed by atoms with Crippen molar-refractivity contribution >= 4 is 55.4 Å². The lowest BCUT2D eigenvalue weighted by Crippen LogP contribution is -2.39. The van der Waals surface area contributed by atoms with Crippen LogP contribution in [-0.4, -0.2) is 40.4 Å². The lowest BCUT2D eigenvalue weighted by atomic mass is 10.2. The van der Waals surface area contributed by atoms with E-state index in [1.54, 1.807) is 48.5 Å². The summed E-state index contributed by atoms with van der Waals surface area (Å²) >= 11 is 9.43. The van der Waals surface area contributed by atoms with Crippen molar-refractivity contribution < 1.29 is 27.4 Å². The minimum atomic E-state index is -3.77. The highest BCUT2D eigenvalue weighted by molar-refractivity contribution is 9.10. The van der Waals surface area contributed by atoms with Gasteiger partial charge in [-0.25, -0.2) is 13.8 Å². The minimum absolute atomic E-state index is 0.301. The number of hydrazone groups is 1. The van der Waals surface area contributed by atoms with Gasteiger partial charge in [0.25, 0.3) is 5.91 Å². The van der Waals surface area contributed by atoms with Crippen LogP contribution in [0, 0.1) is 0 Å². The number of carbonyl (C=O) groups is 1. The monoisotopic (exact) mass is 671 g/mol. The van der Waals surface area contributed by atoms with Crippen molar-refractivity contribution in [3.8, 4) is 23.0 Å². The molecule has 1 amide bonds. The Morgan fingerprint density at radius 1 is 1.00 bits per heavy atom. The van der Waals surface area contributed by atoms with Gasteiger partial charge in [0.15, 0.2) is 11.5 Å². The summed E-state index contributed by atoms with van der Waals surface area (Å²) in [5, 5.41) is 4.62. The smallest absolute Gasteiger partial charge is 0.260 e. The molecule has 0 radical (unpaired) electrons. The lowest BCUT2D eigenvalue weighted by Gasteiger charge is -2.21. The van der Waals surface area contributed by atoms with E-state index in [4.69, 9.17) is 25.8 Å². The second-order valence-corrected chi connectivity index (χ2v) is 12.1. The normalized spacial score (nSPS) is 11.2. The molecular weight excluding hydrogens is 646 g/mol. The van der Waals surface area contributed by atoms with Gasteiger partial charge < -0.3 is 14.2 Å². The van der Waals surface area contributed by atoms with Crippen molar-refractivity contribution in [2.24, 2.45) is 5.10 Å². The van der Waals surface area contributed by atoms with Crippen LogP contribution in [0.3, 0.4) is 0 Å². The van der Waals surface area contributed by atoms with Crippen molar-refractivity contribution in [2.75, 3.05) is 24.2 Å². The maximum Gasteiger partial charge on any atom is 0.260 e. The largest absolute Gasteiger partial charge is 0.493 e. The van der Waals surface area contributed by atoms with Gasteiger partial charge >= 0.3 is 0 Å². The molecule has 0 heterocycles. The molecule has 0 aliphatic rings. The molecule has 0 unspecified atom stereocenters. The van der Waals surface area contributed by atoms with Gasteiger partial charge in [0.1, 0.15) is 24.7 Å². The van der Waals surface area contributed by atoms with E-state index >= 15 is 0 Å². The number of hydrogen-bond acceptors (Lipinski definition) is 7. The number of nitrogens with zero attached hydrogens (tertiary/aromatic N) is 2. The Labute approximate surface area is 257 Å². The van der Waals surface area contributed by atoms with Gasteiger partial charge in [-0.3, -0.25) is 9.10 Å². The van der Waals surface area contributed by atoms with Crippen LogP contribution in [0.5, 0.6) is 23.0 Å². The van der Waals surface area contributed by atoms with Gasteiger partial charge in [-0.15, -0.1) is 0 Å². The third-order valence-corrected chi connectivity index (χ3v) is 7.72. The molecule has 4 rings (SSSR count). The zero-order valence-corrected chi connectivity index (χ0v) is 25.8. The predicted molar refractivity (Wildman–Crippen MR) is 167 cm³/mol. The van der Waals surface area contributed by atoms with Crippen molar-refractivity contribution in [3.05, 3.63) is 112 Å². The van der Waals surface area contributed by atoms with Crippen molar-refractivity contribution in [3.63, 3.8) is 0 Å². The minimum Gasteiger partial charge on any atom is -0.493 e. The maximum atomic E-state index is 12.6. The van der Waals surface area contributed by atoms with Gasteiger partial charge in [-0.1, -0.05) is 41.9 Å². The first-order valence-electron chi connectivity index (χ1n) is 12.5. The Morgan fingerprint density at radius 2 is 1.67 bits per heavy atom. The van der Waals surface area contributed by atoms with E-state index in [-0.39, 0.29) is 0 Å². The first-order valence-corrected chi connectivity index (χ1v) is 15.5. The second kappa shape index (κ2) is 14.2. The predicted octanol–water partition coefficient (Wildman–Crippen LogP) is 6.40. The highest BCUT2D eigenvalue weighted by Crippen LogP contribution is 2.37. The van der Waals surface area contributed by atoms with Gasteiger partial charge in [0, 0.05) is 5.02 Å². The summed E-state index contributed by atoms with van der Waals surface area (Å²) in [5.41, 5.74) is 4.21. The molecule has 0 aliphatic heterocycles. The molecule has 0 spiro atoms. The molecule has 0 atom stereocenters. The van der Waals surface area contributed by atoms with Crippen LogP contribution >= 0.6 is 27.5 Å². The van der Waals surface area contributed by atoms with Gasteiger partial charge in [0.05, 0.1) is 29.7 Å². The average molecular weight is 673 g/mol. The summed E-state index contributed by atoms with van der Waals surface area (Å²) in [7, 11) is -2.26. The zero-order chi connectivity index (χ0) is 30.1. The van der Waals surface area contributed by atoms with Gasteiger partial charge in [-0.05, 0) is 87.7 Å². The van der Waals surface area contributed by atoms with E-state index in [1.165, 1.54) is 13.3 Å². The van der Waals surface area contributed by atoms with Gasteiger partial charge in [-0.2, -0.15) is 5.10 Å². The summed E-state index contributed by atoms with van der Waals surface area (Å²) in [5.74, 6) is 1.49. The fraction of sp³-hybridized carbons (Fsp3) is 0.133. The molecule has 0 aliphatic carbocycles. The standard InChI is InChI=1S/C30H27BrClN3O6S/c1-39-28-17-22(16-27(31)30(28)40-20-21-8-10-23(32)11-9-21)18-33-34-29(36)19-35(42(2,37)38)24-12-14-26(15-13-24)41-25-6-4-3-5-7-25/h3-18H,19-20H2,1-2H3,(H,34,36)/b33-18-. The number of amides is 1. The summed E-state index contributed by atoms with van der Waals surface area (Å²) in [6, 6.07) is 26.3. The van der Waals surface area contributed by atoms with Crippen LogP contribution in [0.1, 0.15) is 11.1 Å². The van der Waals surface area contributed by atoms with Crippen molar-refractivity contribution in [2.45, 2.75) is 6.61 Å². The molecule has 0 saturated carbocycles. The maximum absolute atomic E-state index is 12.6. The Hall–Kier alpha value is -4.06. The van der Waals surface area contributed by atoms with E-state index in [2.05, 4.69) is 26.5 Å². The fourth-order valence-corrected chi connectivity index (χ4v) is 5.30. The quantitative estimate of drug-likeness (QED) is 0.138. The topological polar surface area (TPSA) is 107 Å². The van der Waals surface area contributed by atoms with Crippen LogP contribution < -0.4 is 23.9 Å². The molecule has 4 aromatic rings. The zero-order valence-electron chi connectivity index (χ0n) is 22.7. The summed E-state index contributed by atoms with van der Waals surface area (Å²) in [4.78, 5) is 12.6. The van der Waals surface area contributed by atoms with E-state index < -0.39 is 22.5 Å². The number of ether oxygens (including phenoxy) is 3. The first kappa shape index (κ1) is 30.9. The number of benzene rings is 4. The van der Waals surface area contributed by atoms with Crippen LogP contribution in [0.25, 0.3) is 0 Å². The molecule has 4 aromatic carbocycles. The Kier molecular flexibility index (Phi) is 10.5. The fourth-order valence-electron chi connectivity index (χ4n) is 3.74. The Morgan fingerprint density at radius 3 is 2.31 bits per heavy atom. The average Bonchev–Trinajstić information content (AvgIpc) is 2.96. The molecule has 0 bridgehead atoms. The number of anilines is 1. The number of rotatable bonds is 12. The van der Waals surface area contributed by atoms with Gasteiger partial charge in [0.2, 0.25) is 10.0 Å². The number of nitrogens with one attached hydrogen (secondary N) is 1. The molecule has 0 aromatic heterocycles. The first-order chi connectivity index (χ1) is 20.1. The molecule has 9 nitrogen and oxygen atoms in total.